The molecule has 362 valence electrons. The molecule has 2 aliphatic heterocycles. The largest absolute Gasteiger partial charge is 0.478 e. The van der Waals surface area contributed by atoms with Crippen LogP contribution < -0.4 is 9.47 Å². The minimum absolute atomic E-state index is 0.180. The topological polar surface area (TPSA) is 93.1 Å². The van der Waals surface area contributed by atoms with Crippen LogP contribution in [0.4, 0.5) is 0 Å². The second kappa shape index (κ2) is 18.8. The number of rotatable bonds is 9. The molecule has 0 saturated carbocycles. The fraction of sp³-hybridized carbons (Fsp3) is 0. The lowest BCUT2D eigenvalue weighted by atomic mass is 9.89. The van der Waals surface area contributed by atoms with Crippen molar-refractivity contribution in [3.63, 3.8) is 0 Å². The van der Waals surface area contributed by atoms with Gasteiger partial charge in [-0.05, 0) is 140 Å². The number of ether oxygens (including phenoxy) is 2. The zero-order valence-electron chi connectivity index (χ0n) is 39.9. The molecule has 10 heteroatoms. The summed E-state index contributed by atoms with van der Waals surface area (Å²) in [5, 5.41) is 26.7. The molecule has 76 heavy (non-hydrogen) atoms. The molecule has 2 heterocycles. The highest BCUT2D eigenvalue weighted by Gasteiger charge is 2.26. The smallest absolute Gasteiger partial charge is 0.336 e. The molecule has 0 aliphatic carbocycles. The number of fused-ring (bicyclic) bond motifs is 8. The first-order valence-electron chi connectivity index (χ1n) is 24.5. The van der Waals surface area contributed by atoms with Crippen molar-refractivity contribution < 1.29 is 29.3 Å². The first-order valence-corrected chi connectivity index (χ1v) is 27.7. The lowest BCUT2D eigenvalue weighted by Crippen LogP contribution is -2.00. The van der Waals surface area contributed by atoms with Crippen molar-refractivity contribution in [2.75, 3.05) is 0 Å². The van der Waals surface area contributed by atoms with Crippen LogP contribution in [0.5, 0.6) is 23.0 Å². The average molecular weight is 1060 g/mol. The molecule has 14 rings (SSSR count). The Kier molecular flexibility index (Phi) is 11.4. The van der Waals surface area contributed by atoms with Crippen molar-refractivity contribution in [3.8, 4) is 56.4 Å². The van der Waals surface area contributed by atoms with Crippen molar-refractivity contribution in [1.29, 1.82) is 0 Å². The summed E-state index contributed by atoms with van der Waals surface area (Å²) < 4.78 is 14.3. The Morgan fingerprint density at radius 1 is 0.316 bits per heavy atom. The summed E-state index contributed by atoms with van der Waals surface area (Å²) in [6.45, 7) is 0. The molecule has 12 aromatic carbocycles. The SMILES string of the molecule is O=C(O)c1ccc(Oc2ccc3cc(-c4cccc5c4Sc4ccccc4S5)ccc3c2-c2c(Oc3ccc(C(=O)O)c4ccccc34)ccc3cc(-c4cccc5c4Sc4ccccc4S5)ccc23)c2ccccc12. The van der Waals surface area contributed by atoms with Crippen molar-refractivity contribution in [3.05, 3.63) is 230 Å². The van der Waals surface area contributed by atoms with Crippen LogP contribution in [0.1, 0.15) is 20.7 Å². The lowest BCUT2D eigenvalue weighted by molar-refractivity contribution is 0.0688. The number of aromatic carboxylic acids is 2. The van der Waals surface area contributed by atoms with E-state index in [4.69, 9.17) is 9.47 Å². The van der Waals surface area contributed by atoms with E-state index in [2.05, 4.69) is 133 Å². The highest BCUT2D eigenvalue weighted by molar-refractivity contribution is 8.05. The molecule has 0 saturated heterocycles. The van der Waals surface area contributed by atoms with Gasteiger partial charge in [0.05, 0.1) is 11.1 Å². The zero-order chi connectivity index (χ0) is 51.0. The molecule has 2 N–H and O–H groups in total. The van der Waals surface area contributed by atoms with Crippen molar-refractivity contribution in [2.45, 2.75) is 39.2 Å². The van der Waals surface area contributed by atoms with E-state index in [0.29, 0.717) is 44.5 Å². The maximum atomic E-state index is 12.5. The lowest BCUT2D eigenvalue weighted by Gasteiger charge is -2.23. The van der Waals surface area contributed by atoms with Crippen LogP contribution in [0.3, 0.4) is 0 Å². The summed E-state index contributed by atoms with van der Waals surface area (Å²) in [7, 11) is 0. The van der Waals surface area contributed by atoms with Crippen molar-refractivity contribution in [2.24, 2.45) is 0 Å². The van der Waals surface area contributed by atoms with E-state index in [0.717, 1.165) is 54.9 Å². The molecular weight excluding hydrogens is 1020 g/mol. The predicted octanol–water partition coefficient (Wildman–Crippen LogP) is 19.5. The molecule has 0 aromatic heterocycles. The Morgan fingerprint density at radius 2 is 0.684 bits per heavy atom. The molecule has 0 atom stereocenters. The molecular formula is C66H38O6S4. The fourth-order valence-corrected chi connectivity index (χ4v) is 15.3. The van der Waals surface area contributed by atoms with E-state index in [1.165, 1.54) is 39.2 Å². The van der Waals surface area contributed by atoms with Gasteiger partial charge >= 0.3 is 11.9 Å². The second-order valence-electron chi connectivity index (χ2n) is 18.4. The minimum Gasteiger partial charge on any atom is -0.478 e. The fourth-order valence-electron chi connectivity index (χ4n) is 10.5. The van der Waals surface area contributed by atoms with Crippen LogP contribution in [-0.2, 0) is 0 Å². The molecule has 0 unspecified atom stereocenters. The van der Waals surface area contributed by atoms with Crippen LogP contribution >= 0.6 is 47.0 Å². The average Bonchev–Trinajstić information content (AvgIpc) is 3.46. The van der Waals surface area contributed by atoms with Gasteiger partial charge in [-0.1, -0.05) is 181 Å². The number of carbonyl (C=O) groups is 2. The monoisotopic (exact) mass is 1050 g/mol. The summed E-state index contributed by atoms with van der Waals surface area (Å²) in [5.41, 5.74) is 6.32. The Hall–Kier alpha value is -8.38. The number of carboxylic acid groups (broad SMARTS) is 2. The van der Waals surface area contributed by atoms with Gasteiger partial charge in [-0.15, -0.1) is 0 Å². The highest BCUT2D eigenvalue weighted by Crippen LogP contribution is 2.55. The first-order chi connectivity index (χ1) is 37.3. The zero-order valence-corrected chi connectivity index (χ0v) is 43.2. The molecule has 6 nitrogen and oxygen atoms in total. The Labute approximate surface area is 453 Å². The van der Waals surface area contributed by atoms with Crippen molar-refractivity contribution in [1.82, 2.24) is 0 Å². The normalized spacial score (nSPS) is 12.5. The second-order valence-corrected chi connectivity index (χ2v) is 22.7. The van der Waals surface area contributed by atoms with Gasteiger partial charge in [0.25, 0.3) is 0 Å². The first kappa shape index (κ1) is 46.2. The van der Waals surface area contributed by atoms with E-state index < -0.39 is 11.9 Å². The van der Waals surface area contributed by atoms with Gasteiger partial charge in [-0.2, -0.15) is 0 Å². The third-order valence-corrected chi connectivity index (χ3v) is 19.3. The predicted molar refractivity (Wildman–Crippen MR) is 309 cm³/mol. The van der Waals surface area contributed by atoms with E-state index in [1.54, 1.807) is 83.4 Å². The maximum absolute atomic E-state index is 12.5. The van der Waals surface area contributed by atoms with Crippen LogP contribution in [-0.4, -0.2) is 22.2 Å². The molecule has 0 bridgehead atoms. The van der Waals surface area contributed by atoms with Gasteiger partial charge < -0.3 is 19.7 Å². The number of hydrogen-bond donors (Lipinski definition) is 2. The van der Waals surface area contributed by atoms with Crippen molar-refractivity contribution >= 4 is 102 Å². The van der Waals surface area contributed by atoms with E-state index in [9.17, 15) is 19.8 Å². The maximum Gasteiger partial charge on any atom is 0.336 e. The third kappa shape index (κ3) is 7.95. The standard InChI is InChI=1S/C66H38O6S4/c67-65(68)49-29-33-51(47-13-3-1-11-45(47)49)71-53-31-25-37-35-39(43-15-9-21-59-63(43)75-57-19-7-5-17-55(57)73-59)23-27-41(37)61(53)62-42-28-24-40(44-16-10-22-60-64(44)76-58-20-8-6-18-56(58)74-60)36-38(42)26-32-54(62)72-52-34-30-50(66(69)70)46-12-2-4-14-48(46)52/h1-36H,(H,67,68)(H,69,70). The van der Waals surface area contributed by atoms with Gasteiger partial charge in [0.1, 0.15) is 23.0 Å². The summed E-state index contributed by atoms with van der Waals surface area (Å²) >= 11 is 7.19. The number of hydrogen-bond acceptors (Lipinski definition) is 8. The molecule has 2 aliphatic rings. The van der Waals surface area contributed by atoms with Crippen LogP contribution in [0.25, 0.3) is 76.5 Å². The van der Waals surface area contributed by atoms with E-state index >= 15 is 0 Å². The van der Waals surface area contributed by atoms with Gasteiger partial charge in [0.2, 0.25) is 0 Å². The minimum atomic E-state index is -1.02. The Bertz CT molecular complexity index is 4170. The third-order valence-electron chi connectivity index (χ3n) is 14.0. The van der Waals surface area contributed by atoms with Crippen LogP contribution in [0, 0.1) is 0 Å². The molecule has 0 fully saturated rings. The van der Waals surface area contributed by atoms with Gasteiger partial charge in [0.15, 0.2) is 0 Å². The number of benzene rings is 12. The van der Waals surface area contributed by atoms with Crippen LogP contribution in [0.15, 0.2) is 258 Å². The summed E-state index contributed by atoms with van der Waals surface area (Å²) in [6.07, 6.45) is 0. The van der Waals surface area contributed by atoms with E-state index in [-0.39, 0.29) is 11.1 Å². The summed E-state index contributed by atoms with van der Waals surface area (Å²) in [6, 6.07) is 72.9. The van der Waals surface area contributed by atoms with Gasteiger partial charge in [-0.25, -0.2) is 9.59 Å². The number of carboxylic acids is 2. The van der Waals surface area contributed by atoms with Crippen LogP contribution in [0.2, 0.25) is 0 Å². The Balaban J connectivity index is 1.00. The quantitative estimate of drug-likeness (QED) is 0.146. The molecule has 0 radical (unpaired) electrons. The summed E-state index contributed by atoms with van der Waals surface area (Å²) in [5.74, 6) is 0.00977. The summed E-state index contributed by atoms with van der Waals surface area (Å²) in [4.78, 5) is 34.9. The molecule has 0 spiro atoms. The Morgan fingerprint density at radius 3 is 1.11 bits per heavy atom. The van der Waals surface area contributed by atoms with E-state index in [1.807, 2.05) is 48.5 Å². The van der Waals surface area contributed by atoms with Gasteiger partial charge in [-0.3, -0.25) is 0 Å². The van der Waals surface area contributed by atoms with Gasteiger partial charge in [0, 0.05) is 61.1 Å². The highest BCUT2D eigenvalue weighted by atomic mass is 32.2. The molecule has 0 amide bonds. The molecule has 12 aromatic rings.